The van der Waals surface area contributed by atoms with Crippen molar-refractivity contribution in [2.24, 2.45) is 5.73 Å². The van der Waals surface area contributed by atoms with Gasteiger partial charge in [-0.2, -0.15) is 0 Å². The highest BCUT2D eigenvalue weighted by Gasteiger charge is 2.35. The number of sulfone groups is 1. The standard InChI is InChI=1S/C14H18N4O2S/c15-10-13-16-17-14(12-8-4-5-9-21(12,19)20)18(13)11-6-2-1-3-7-11/h1-3,6-7,12H,4-5,8-10,15H2. The van der Waals surface area contributed by atoms with Gasteiger partial charge in [0.1, 0.15) is 5.25 Å². The fourth-order valence-corrected chi connectivity index (χ4v) is 4.66. The Kier molecular flexibility index (Phi) is 3.77. The van der Waals surface area contributed by atoms with E-state index < -0.39 is 15.1 Å². The Balaban J connectivity index is 2.14. The number of nitrogens with zero attached hydrogens (tertiary/aromatic N) is 3. The molecule has 2 heterocycles. The van der Waals surface area contributed by atoms with Crippen molar-refractivity contribution in [1.82, 2.24) is 14.8 Å². The van der Waals surface area contributed by atoms with Crippen molar-refractivity contribution >= 4 is 9.84 Å². The van der Waals surface area contributed by atoms with E-state index in [1.807, 2.05) is 30.3 Å². The SMILES string of the molecule is NCc1nnc(C2CCCCS2(=O)=O)n1-c1ccccc1. The normalized spacial score (nSPS) is 21.3. The lowest BCUT2D eigenvalue weighted by atomic mass is 10.1. The first-order valence-corrected chi connectivity index (χ1v) is 8.76. The maximum Gasteiger partial charge on any atom is 0.160 e. The van der Waals surface area contributed by atoms with Gasteiger partial charge in [0.2, 0.25) is 0 Å². The molecule has 1 fully saturated rings. The maximum absolute atomic E-state index is 12.4. The fraction of sp³-hybridized carbons (Fsp3) is 0.429. The molecule has 1 aromatic carbocycles. The second-order valence-corrected chi connectivity index (χ2v) is 7.50. The van der Waals surface area contributed by atoms with E-state index in [2.05, 4.69) is 10.2 Å². The van der Waals surface area contributed by atoms with E-state index in [-0.39, 0.29) is 12.3 Å². The van der Waals surface area contributed by atoms with Crippen LogP contribution in [-0.4, -0.2) is 28.9 Å². The average molecular weight is 306 g/mol. The lowest BCUT2D eigenvalue weighted by molar-refractivity contribution is 0.535. The van der Waals surface area contributed by atoms with Crippen LogP contribution in [0.1, 0.15) is 36.2 Å². The third-order valence-electron chi connectivity index (χ3n) is 3.82. The Morgan fingerprint density at radius 3 is 2.62 bits per heavy atom. The number of aromatic nitrogens is 3. The van der Waals surface area contributed by atoms with E-state index in [9.17, 15) is 8.42 Å². The van der Waals surface area contributed by atoms with Crippen LogP contribution < -0.4 is 5.73 Å². The van der Waals surface area contributed by atoms with Gasteiger partial charge in [0.15, 0.2) is 21.5 Å². The Labute approximate surface area is 123 Å². The molecule has 1 aromatic heterocycles. The van der Waals surface area contributed by atoms with Crippen molar-refractivity contribution < 1.29 is 8.42 Å². The first-order chi connectivity index (χ1) is 10.1. The van der Waals surface area contributed by atoms with Gasteiger partial charge in [-0.1, -0.05) is 24.6 Å². The summed E-state index contributed by atoms with van der Waals surface area (Å²) in [4.78, 5) is 0. The van der Waals surface area contributed by atoms with Crippen LogP contribution in [0.25, 0.3) is 5.69 Å². The zero-order valence-corrected chi connectivity index (χ0v) is 12.5. The molecule has 0 saturated carbocycles. The number of para-hydroxylation sites is 1. The minimum atomic E-state index is -3.17. The van der Waals surface area contributed by atoms with Crippen LogP contribution in [-0.2, 0) is 16.4 Å². The molecule has 6 nitrogen and oxygen atoms in total. The summed E-state index contributed by atoms with van der Waals surface area (Å²) in [6.07, 6.45) is 2.21. The van der Waals surface area contributed by atoms with Crippen LogP contribution in [0.15, 0.2) is 30.3 Å². The van der Waals surface area contributed by atoms with Crippen LogP contribution in [0.5, 0.6) is 0 Å². The van der Waals surface area contributed by atoms with E-state index in [4.69, 9.17) is 5.73 Å². The van der Waals surface area contributed by atoms with E-state index in [0.29, 0.717) is 18.1 Å². The van der Waals surface area contributed by atoms with Gasteiger partial charge in [0.05, 0.1) is 12.3 Å². The molecule has 2 N–H and O–H groups in total. The zero-order valence-electron chi connectivity index (χ0n) is 11.6. The fourth-order valence-electron chi connectivity index (χ4n) is 2.77. The van der Waals surface area contributed by atoms with Crippen molar-refractivity contribution in [3.05, 3.63) is 42.0 Å². The average Bonchev–Trinajstić information content (AvgIpc) is 2.91. The Morgan fingerprint density at radius 1 is 1.19 bits per heavy atom. The number of hydrogen-bond donors (Lipinski definition) is 1. The van der Waals surface area contributed by atoms with Gasteiger partial charge in [0.25, 0.3) is 0 Å². The van der Waals surface area contributed by atoms with Crippen LogP contribution in [0.2, 0.25) is 0 Å². The molecule has 0 amide bonds. The van der Waals surface area contributed by atoms with E-state index in [0.717, 1.165) is 18.5 Å². The highest BCUT2D eigenvalue weighted by atomic mass is 32.2. The minimum Gasteiger partial charge on any atom is -0.324 e. The first-order valence-electron chi connectivity index (χ1n) is 7.05. The molecular weight excluding hydrogens is 288 g/mol. The molecule has 1 aliphatic rings. The molecule has 2 aromatic rings. The third-order valence-corrected chi connectivity index (χ3v) is 5.99. The van der Waals surface area contributed by atoms with Crippen molar-refractivity contribution in [3.63, 3.8) is 0 Å². The molecule has 21 heavy (non-hydrogen) atoms. The topological polar surface area (TPSA) is 90.9 Å². The molecular formula is C14H18N4O2S. The predicted octanol–water partition coefficient (Wildman–Crippen LogP) is 1.37. The number of benzene rings is 1. The second kappa shape index (κ2) is 5.57. The summed E-state index contributed by atoms with van der Waals surface area (Å²) >= 11 is 0. The summed E-state index contributed by atoms with van der Waals surface area (Å²) < 4.78 is 26.5. The van der Waals surface area contributed by atoms with Crippen molar-refractivity contribution in [1.29, 1.82) is 0 Å². The number of hydrogen-bond acceptors (Lipinski definition) is 5. The monoisotopic (exact) mass is 306 g/mol. The molecule has 0 radical (unpaired) electrons. The molecule has 0 spiro atoms. The molecule has 0 bridgehead atoms. The maximum atomic E-state index is 12.4. The van der Waals surface area contributed by atoms with Crippen molar-refractivity contribution in [3.8, 4) is 5.69 Å². The van der Waals surface area contributed by atoms with Gasteiger partial charge < -0.3 is 5.73 Å². The van der Waals surface area contributed by atoms with Crippen LogP contribution in [0.4, 0.5) is 0 Å². The number of rotatable bonds is 3. The van der Waals surface area contributed by atoms with Gasteiger partial charge >= 0.3 is 0 Å². The Bertz CT molecular complexity index is 725. The third kappa shape index (κ3) is 2.58. The zero-order chi connectivity index (χ0) is 14.9. The molecule has 1 unspecified atom stereocenters. The Hall–Kier alpha value is -1.73. The van der Waals surface area contributed by atoms with Crippen LogP contribution in [0.3, 0.4) is 0 Å². The summed E-state index contributed by atoms with van der Waals surface area (Å²) in [5.74, 6) is 1.29. The summed E-state index contributed by atoms with van der Waals surface area (Å²) in [6.45, 7) is 0.217. The molecule has 1 atom stereocenters. The smallest absolute Gasteiger partial charge is 0.160 e. The van der Waals surface area contributed by atoms with E-state index in [1.165, 1.54) is 0 Å². The molecule has 1 saturated heterocycles. The van der Waals surface area contributed by atoms with Gasteiger partial charge in [-0.3, -0.25) is 4.57 Å². The summed E-state index contributed by atoms with van der Waals surface area (Å²) in [5, 5.41) is 7.63. The van der Waals surface area contributed by atoms with Crippen molar-refractivity contribution in [2.75, 3.05) is 5.75 Å². The quantitative estimate of drug-likeness (QED) is 0.924. The summed E-state index contributed by atoms with van der Waals surface area (Å²) in [7, 11) is -3.17. The number of nitrogens with two attached hydrogens (primary N) is 1. The highest BCUT2D eigenvalue weighted by molar-refractivity contribution is 7.91. The van der Waals surface area contributed by atoms with Gasteiger partial charge in [-0.25, -0.2) is 8.42 Å². The van der Waals surface area contributed by atoms with Crippen LogP contribution in [0, 0.1) is 0 Å². The lowest BCUT2D eigenvalue weighted by Gasteiger charge is -2.22. The van der Waals surface area contributed by atoms with Gasteiger partial charge in [0, 0.05) is 5.69 Å². The lowest BCUT2D eigenvalue weighted by Crippen LogP contribution is -2.24. The minimum absolute atomic E-state index is 0.217. The van der Waals surface area contributed by atoms with Gasteiger partial charge in [-0.15, -0.1) is 10.2 Å². The molecule has 3 rings (SSSR count). The second-order valence-electron chi connectivity index (χ2n) is 5.20. The van der Waals surface area contributed by atoms with E-state index >= 15 is 0 Å². The van der Waals surface area contributed by atoms with Crippen molar-refractivity contribution in [2.45, 2.75) is 31.1 Å². The Morgan fingerprint density at radius 2 is 1.95 bits per heavy atom. The summed E-state index contributed by atoms with van der Waals surface area (Å²) in [6, 6.07) is 9.51. The highest BCUT2D eigenvalue weighted by Crippen LogP contribution is 2.33. The molecule has 7 heteroatoms. The summed E-state index contributed by atoms with van der Waals surface area (Å²) in [5.41, 5.74) is 6.57. The van der Waals surface area contributed by atoms with Crippen LogP contribution >= 0.6 is 0 Å². The largest absolute Gasteiger partial charge is 0.324 e. The van der Waals surface area contributed by atoms with Gasteiger partial charge in [-0.05, 0) is 25.0 Å². The first kappa shape index (κ1) is 14.2. The predicted molar refractivity (Wildman–Crippen MR) is 79.6 cm³/mol. The molecule has 1 aliphatic heterocycles. The molecule has 0 aliphatic carbocycles. The molecule has 112 valence electrons. The van der Waals surface area contributed by atoms with E-state index in [1.54, 1.807) is 4.57 Å².